The maximum absolute atomic E-state index is 5.12. The van der Waals surface area contributed by atoms with Gasteiger partial charge in [0.05, 0.1) is 0 Å². The summed E-state index contributed by atoms with van der Waals surface area (Å²) < 4.78 is 5.95. The number of ether oxygens (including phenoxy) is 1. The summed E-state index contributed by atoms with van der Waals surface area (Å²) in [5.41, 5.74) is 2.52. The van der Waals surface area contributed by atoms with Crippen molar-refractivity contribution in [3.05, 3.63) is 40.6 Å². The number of halogens is 1. The van der Waals surface area contributed by atoms with E-state index in [-0.39, 0.29) is 0 Å². The Morgan fingerprint density at radius 3 is 3.18 bits per heavy atom. The topological polar surface area (TPSA) is 22.1 Å². The minimum Gasteiger partial charge on any atom is -0.454 e. The largest absolute Gasteiger partial charge is 0.454 e. The van der Waals surface area contributed by atoms with Gasteiger partial charge in [-0.05, 0) is 34.7 Å². The van der Waals surface area contributed by atoms with Gasteiger partial charge in [-0.25, -0.2) is 4.98 Å². The molecule has 0 aliphatic heterocycles. The van der Waals surface area contributed by atoms with E-state index in [2.05, 4.69) is 39.9 Å². The van der Waals surface area contributed by atoms with Gasteiger partial charge in [0, 0.05) is 6.20 Å². The molecule has 0 atom stereocenters. The zero-order valence-corrected chi connectivity index (χ0v) is 7.91. The minimum atomic E-state index is 0.726. The first-order valence-corrected chi connectivity index (χ1v) is 4.04. The van der Waals surface area contributed by atoms with Crippen molar-refractivity contribution in [1.29, 1.82) is 0 Å². The molecule has 0 N–H and O–H groups in total. The van der Waals surface area contributed by atoms with Gasteiger partial charge in [-0.15, -0.1) is 0 Å². The molecule has 1 rings (SSSR count). The third-order valence-electron chi connectivity index (χ3n) is 0.994. The van der Waals surface area contributed by atoms with Crippen LogP contribution in [0.1, 0.15) is 0 Å². The zero-order valence-electron chi connectivity index (χ0n) is 5.75. The standard InChI is InChI=1S/C8H6INO/c1-2-6-11-7-4-3-5-10-8(7)9/h3-6H,1H2. The van der Waals surface area contributed by atoms with E-state index in [1.165, 1.54) is 6.26 Å². The fraction of sp³-hybridized carbons (Fsp3) is 0. The number of nitrogens with zero attached hydrogens (tertiary/aromatic N) is 1. The van der Waals surface area contributed by atoms with Crippen LogP contribution in [0.2, 0.25) is 0 Å². The Hall–Kier alpha value is -0.800. The van der Waals surface area contributed by atoms with Crippen LogP contribution in [-0.4, -0.2) is 4.98 Å². The molecule has 0 saturated carbocycles. The van der Waals surface area contributed by atoms with Gasteiger partial charge in [-0.1, -0.05) is 12.3 Å². The van der Waals surface area contributed by atoms with Crippen LogP contribution < -0.4 is 4.74 Å². The average Bonchev–Trinajstić information content (AvgIpc) is 2.03. The van der Waals surface area contributed by atoms with E-state index in [9.17, 15) is 0 Å². The van der Waals surface area contributed by atoms with Gasteiger partial charge in [0.15, 0.2) is 5.75 Å². The Kier molecular flexibility index (Phi) is 3.14. The van der Waals surface area contributed by atoms with Gasteiger partial charge in [-0.3, -0.25) is 0 Å². The Balaban J connectivity index is 2.85. The molecule has 2 nitrogen and oxygen atoms in total. The molecule has 0 saturated heterocycles. The molecule has 0 amide bonds. The molecule has 1 aromatic rings. The van der Waals surface area contributed by atoms with Gasteiger partial charge in [0.1, 0.15) is 9.96 Å². The van der Waals surface area contributed by atoms with Crippen molar-refractivity contribution in [3.8, 4) is 5.75 Å². The highest BCUT2D eigenvalue weighted by Gasteiger charge is 1.96. The highest BCUT2D eigenvalue weighted by molar-refractivity contribution is 14.1. The molecular formula is C8H6INO. The van der Waals surface area contributed by atoms with Crippen LogP contribution in [-0.2, 0) is 0 Å². The first-order valence-electron chi connectivity index (χ1n) is 2.96. The highest BCUT2D eigenvalue weighted by atomic mass is 127. The molecule has 0 spiro atoms. The number of aromatic nitrogens is 1. The van der Waals surface area contributed by atoms with Crippen molar-refractivity contribution in [3.63, 3.8) is 0 Å². The van der Waals surface area contributed by atoms with E-state index in [1.54, 1.807) is 6.20 Å². The van der Waals surface area contributed by atoms with Crippen LogP contribution in [0.5, 0.6) is 5.75 Å². The summed E-state index contributed by atoms with van der Waals surface area (Å²) in [5, 5.41) is 0. The van der Waals surface area contributed by atoms with E-state index in [0.29, 0.717) is 0 Å². The molecule has 0 fully saturated rings. The number of hydrogen-bond donors (Lipinski definition) is 0. The average molecular weight is 259 g/mol. The van der Waals surface area contributed by atoms with Crippen LogP contribution in [0, 0.1) is 3.70 Å². The van der Waals surface area contributed by atoms with Gasteiger partial charge in [0.25, 0.3) is 0 Å². The van der Waals surface area contributed by atoms with Crippen LogP contribution in [0.3, 0.4) is 0 Å². The lowest BCUT2D eigenvalue weighted by molar-refractivity contribution is 0.476. The van der Waals surface area contributed by atoms with E-state index in [4.69, 9.17) is 4.74 Å². The summed E-state index contributed by atoms with van der Waals surface area (Å²) >= 11 is 2.10. The van der Waals surface area contributed by atoms with Gasteiger partial charge < -0.3 is 4.74 Å². The quantitative estimate of drug-likeness (QED) is 0.352. The molecule has 0 radical (unpaired) electrons. The normalized spacial score (nSPS) is 8.45. The van der Waals surface area contributed by atoms with Gasteiger partial charge in [-0.2, -0.15) is 0 Å². The molecule has 0 aromatic carbocycles. The van der Waals surface area contributed by atoms with Crippen molar-refractivity contribution in [2.75, 3.05) is 0 Å². The summed E-state index contributed by atoms with van der Waals surface area (Å²) in [6.45, 7) is 3.38. The molecule has 11 heavy (non-hydrogen) atoms. The van der Waals surface area contributed by atoms with Crippen molar-refractivity contribution in [2.24, 2.45) is 0 Å². The first-order chi connectivity index (χ1) is 5.34. The molecule has 3 heteroatoms. The lowest BCUT2D eigenvalue weighted by atomic mass is 10.5. The van der Waals surface area contributed by atoms with Crippen LogP contribution in [0.4, 0.5) is 0 Å². The minimum absolute atomic E-state index is 0.726. The summed E-state index contributed by atoms with van der Waals surface area (Å²) in [6, 6.07) is 3.65. The number of hydrogen-bond acceptors (Lipinski definition) is 2. The smallest absolute Gasteiger partial charge is 0.159 e. The molecule has 0 bridgehead atoms. The lowest BCUT2D eigenvalue weighted by Crippen LogP contribution is -1.86. The van der Waals surface area contributed by atoms with Crippen LogP contribution in [0.25, 0.3) is 0 Å². The summed E-state index contributed by atoms with van der Waals surface area (Å²) in [5.74, 6) is 0.726. The van der Waals surface area contributed by atoms with E-state index in [0.717, 1.165) is 9.45 Å². The van der Waals surface area contributed by atoms with Crippen molar-refractivity contribution >= 4 is 22.6 Å². The second kappa shape index (κ2) is 4.16. The molecule has 0 aliphatic rings. The zero-order chi connectivity index (χ0) is 8.10. The molecule has 1 heterocycles. The number of pyridine rings is 1. The predicted octanol–water partition coefficient (Wildman–Crippen LogP) is 2.36. The highest BCUT2D eigenvalue weighted by Crippen LogP contribution is 2.16. The fourth-order valence-electron chi connectivity index (χ4n) is 0.564. The predicted molar refractivity (Wildman–Crippen MR) is 51.3 cm³/mol. The van der Waals surface area contributed by atoms with Crippen molar-refractivity contribution < 1.29 is 4.74 Å². The Labute approximate surface area is 78.7 Å². The molecule has 56 valence electrons. The molecule has 0 aliphatic carbocycles. The second-order valence-corrected chi connectivity index (χ2v) is 2.75. The maximum atomic E-state index is 5.12. The van der Waals surface area contributed by atoms with Gasteiger partial charge in [0.2, 0.25) is 0 Å². The monoisotopic (exact) mass is 259 g/mol. The molecule has 0 unspecified atom stereocenters. The maximum Gasteiger partial charge on any atom is 0.159 e. The van der Waals surface area contributed by atoms with Crippen LogP contribution in [0.15, 0.2) is 36.9 Å². The Morgan fingerprint density at radius 2 is 2.55 bits per heavy atom. The fourth-order valence-corrected chi connectivity index (χ4v) is 1.03. The van der Waals surface area contributed by atoms with Crippen molar-refractivity contribution in [1.82, 2.24) is 4.98 Å². The second-order valence-electron chi connectivity index (χ2n) is 1.73. The van der Waals surface area contributed by atoms with Crippen molar-refractivity contribution in [2.45, 2.75) is 0 Å². The van der Waals surface area contributed by atoms with E-state index >= 15 is 0 Å². The third kappa shape index (κ3) is 2.37. The Bertz CT molecular complexity index is 292. The lowest BCUT2D eigenvalue weighted by Gasteiger charge is -1.98. The Morgan fingerprint density at radius 1 is 1.73 bits per heavy atom. The third-order valence-corrected chi connectivity index (χ3v) is 1.80. The number of rotatable bonds is 2. The summed E-state index contributed by atoms with van der Waals surface area (Å²) in [6.07, 6.45) is 3.12. The molecule has 1 aromatic heterocycles. The summed E-state index contributed by atoms with van der Waals surface area (Å²) in [7, 11) is 0. The first kappa shape index (κ1) is 8.30. The summed E-state index contributed by atoms with van der Waals surface area (Å²) in [4.78, 5) is 4.03. The SMILES string of the molecule is C=C=COc1cccnc1I. The van der Waals surface area contributed by atoms with E-state index in [1.807, 2.05) is 12.1 Å². The van der Waals surface area contributed by atoms with Crippen LogP contribution >= 0.6 is 22.6 Å². The van der Waals surface area contributed by atoms with E-state index < -0.39 is 0 Å². The molecular weight excluding hydrogens is 253 g/mol. The van der Waals surface area contributed by atoms with Gasteiger partial charge >= 0.3 is 0 Å².